The molecule has 0 aromatic carbocycles. The van der Waals surface area contributed by atoms with Crippen molar-refractivity contribution in [1.82, 2.24) is 10.2 Å². The molecule has 1 fully saturated rings. The van der Waals surface area contributed by atoms with Crippen molar-refractivity contribution in [3.8, 4) is 0 Å². The smallest absolute Gasteiger partial charge is 0.222 e. The second-order valence-corrected chi connectivity index (χ2v) is 5.76. The lowest BCUT2D eigenvalue weighted by molar-refractivity contribution is -0.124. The van der Waals surface area contributed by atoms with Crippen molar-refractivity contribution in [2.45, 2.75) is 59.0 Å². The predicted molar refractivity (Wildman–Crippen MR) is 67.3 cm³/mol. The zero-order valence-corrected chi connectivity index (χ0v) is 11.3. The number of carbonyl (C=O) groups is 1. The molecule has 0 bridgehead atoms. The first-order valence-electron chi connectivity index (χ1n) is 6.42. The van der Waals surface area contributed by atoms with Gasteiger partial charge in [0.05, 0.1) is 0 Å². The molecule has 1 aliphatic rings. The summed E-state index contributed by atoms with van der Waals surface area (Å²) in [4.78, 5) is 14.1. The molecule has 0 aromatic rings. The maximum absolute atomic E-state index is 11.6. The predicted octanol–water partition coefficient (Wildman–Crippen LogP) is 2.02. The average molecular weight is 226 g/mol. The molecule has 3 nitrogen and oxygen atoms in total. The number of hydrogen-bond donors (Lipinski definition) is 1. The Morgan fingerprint density at radius 1 is 1.50 bits per heavy atom. The van der Waals surface area contributed by atoms with Gasteiger partial charge in [0.1, 0.15) is 0 Å². The van der Waals surface area contributed by atoms with E-state index in [9.17, 15) is 4.79 Å². The van der Waals surface area contributed by atoms with Gasteiger partial charge in [0.25, 0.3) is 0 Å². The number of amides is 1. The molecule has 1 N–H and O–H groups in total. The van der Waals surface area contributed by atoms with Crippen molar-refractivity contribution in [2.75, 3.05) is 13.1 Å². The molecule has 1 aliphatic heterocycles. The van der Waals surface area contributed by atoms with Gasteiger partial charge >= 0.3 is 0 Å². The normalized spacial score (nSPS) is 22.8. The summed E-state index contributed by atoms with van der Waals surface area (Å²) >= 11 is 0. The summed E-state index contributed by atoms with van der Waals surface area (Å²) in [6, 6.07) is 0.348. The largest absolute Gasteiger partial charge is 0.352 e. The molecule has 0 spiro atoms. The Bertz CT molecular complexity index is 248. The summed E-state index contributed by atoms with van der Waals surface area (Å²) in [5.74, 6) is 0.273. The Morgan fingerprint density at radius 2 is 2.12 bits per heavy atom. The monoisotopic (exact) mass is 226 g/mol. The van der Waals surface area contributed by atoms with Crippen LogP contribution in [-0.4, -0.2) is 35.5 Å². The quantitative estimate of drug-likeness (QED) is 0.795. The van der Waals surface area contributed by atoms with Crippen LogP contribution in [0.3, 0.4) is 0 Å². The fourth-order valence-electron chi connectivity index (χ4n) is 2.02. The van der Waals surface area contributed by atoms with Gasteiger partial charge in [-0.15, -0.1) is 0 Å². The molecule has 1 heterocycles. The van der Waals surface area contributed by atoms with E-state index in [1.807, 2.05) is 13.8 Å². The lowest BCUT2D eigenvalue weighted by Gasteiger charge is -2.34. The van der Waals surface area contributed by atoms with Gasteiger partial charge < -0.3 is 5.32 Å². The topological polar surface area (TPSA) is 32.3 Å². The first kappa shape index (κ1) is 13.5. The van der Waals surface area contributed by atoms with Crippen LogP contribution in [0.15, 0.2) is 0 Å². The summed E-state index contributed by atoms with van der Waals surface area (Å²) in [6.07, 6.45) is 2.24. The molecular formula is C13H26N2O. The van der Waals surface area contributed by atoms with Gasteiger partial charge in [0, 0.05) is 30.6 Å². The van der Waals surface area contributed by atoms with E-state index in [1.54, 1.807) is 0 Å². The second-order valence-electron chi connectivity index (χ2n) is 5.76. The second kappa shape index (κ2) is 5.17. The Labute approximate surface area is 99.6 Å². The summed E-state index contributed by atoms with van der Waals surface area (Å²) < 4.78 is 0. The van der Waals surface area contributed by atoms with Gasteiger partial charge in [-0.2, -0.15) is 0 Å². The number of nitrogens with zero attached hydrogens (tertiary/aromatic N) is 1. The van der Waals surface area contributed by atoms with Crippen molar-refractivity contribution < 1.29 is 4.79 Å². The Hall–Kier alpha value is -0.570. The van der Waals surface area contributed by atoms with Gasteiger partial charge in [0.2, 0.25) is 5.91 Å². The molecule has 1 saturated heterocycles. The van der Waals surface area contributed by atoms with Crippen LogP contribution >= 0.6 is 0 Å². The van der Waals surface area contributed by atoms with E-state index in [1.165, 1.54) is 0 Å². The third-order valence-electron chi connectivity index (χ3n) is 3.78. The summed E-state index contributed by atoms with van der Waals surface area (Å²) in [5, 5.41) is 3.12. The lowest BCUT2D eigenvalue weighted by Crippen LogP contribution is -2.45. The minimum absolute atomic E-state index is 0.0910. The summed E-state index contributed by atoms with van der Waals surface area (Å²) in [5.41, 5.74) is 0.261. The first-order valence-corrected chi connectivity index (χ1v) is 6.42. The highest BCUT2D eigenvalue weighted by atomic mass is 16.1. The van der Waals surface area contributed by atoms with Crippen LogP contribution in [0.4, 0.5) is 0 Å². The van der Waals surface area contributed by atoms with Crippen LogP contribution in [-0.2, 0) is 4.79 Å². The van der Waals surface area contributed by atoms with E-state index >= 15 is 0 Å². The number of rotatable bonds is 4. The highest BCUT2D eigenvalue weighted by Crippen LogP contribution is 2.23. The van der Waals surface area contributed by atoms with Crippen LogP contribution in [0.1, 0.15) is 47.5 Å². The van der Waals surface area contributed by atoms with Crippen LogP contribution in [0.5, 0.6) is 0 Å². The standard InChI is InChI=1S/C13H26N2O/c1-6-13(4,5)15-8-7-11(9-15)14-12(16)10(2)3/h10-11H,6-9H2,1-5H3,(H,14,16)/t11-/m1/s1. The fraction of sp³-hybridized carbons (Fsp3) is 0.923. The molecule has 0 radical (unpaired) electrons. The molecule has 16 heavy (non-hydrogen) atoms. The molecule has 0 aromatic heterocycles. The lowest BCUT2D eigenvalue weighted by atomic mass is 10.0. The Kier molecular flexibility index (Phi) is 4.36. The summed E-state index contributed by atoms with van der Waals surface area (Å²) in [6.45, 7) is 12.8. The SMILES string of the molecule is CCC(C)(C)N1CC[C@@H](NC(=O)C(C)C)C1. The van der Waals surface area contributed by atoms with Crippen LogP contribution in [0, 0.1) is 5.92 Å². The highest BCUT2D eigenvalue weighted by molar-refractivity contribution is 5.78. The zero-order chi connectivity index (χ0) is 12.3. The highest BCUT2D eigenvalue weighted by Gasteiger charge is 2.32. The van der Waals surface area contributed by atoms with Crippen molar-refractivity contribution in [2.24, 2.45) is 5.92 Å². The molecule has 1 rings (SSSR count). The molecule has 3 heteroatoms. The van der Waals surface area contributed by atoms with Crippen LogP contribution < -0.4 is 5.32 Å². The van der Waals surface area contributed by atoms with Gasteiger partial charge in [-0.25, -0.2) is 0 Å². The third kappa shape index (κ3) is 3.21. The molecular weight excluding hydrogens is 200 g/mol. The van der Waals surface area contributed by atoms with E-state index < -0.39 is 0 Å². The summed E-state index contributed by atoms with van der Waals surface area (Å²) in [7, 11) is 0. The molecule has 0 unspecified atom stereocenters. The molecule has 0 saturated carbocycles. The van der Waals surface area contributed by atoms with Crippen molar-refractivity contribution in [3.05, 3.63) is 0 Å². The number of likely N-dealkylation sites (tertiary alicyclic amines) is 1. The first-order chi connectivity index (χ1) is 7.36. The minimum atomic E-state index is 0.0910. The van der Waals surface area contributed by atoms with E-state index in [0.717, 1.165) is 25.9 Å². The minimum Gasteiger partial charge on any atom is -0.352 e. The fourth-order valence-corrected chi connectivity index (χ4v) is 2.02. The van der Waals surface area contributed by atoms with Gasteiger partial charge in [-0.05, 0) is 26.7 Å². The van der Waals surface area contributed by atoms with E-state index in [4.69, 9.17) is 0 Å². The molecule has 1 amide bonds. The van der Waals surface area contributed by atoms with Gasteiger partial charge in [0.15, 0.2) is 0 Å². The number of carbonyl (C=O) groups excluding carboxylic acids is 1. The van der Waals surface area contributed by atoms with Crippen molar-refractivity contribution in [1.29, 1.82) is 0 Å². The van der Waals surface area contributed by atoms with E-state index in [0.29, 0.717) is 6.04 Å². The molecule has 94 valence electrons. The number of hydrogen-bond acceptors (Lipinski definition) is 2. The maximum Gasteiger partial charge on any atom is 0.222 e. The maximum atomic E-state index is 11.6. The van der Waals surface area contributed by atoms with Crippen molar-refractivity contribution >= 4 is 5.91 Å². The van der Waals surface area contributed by atoms with Gasteiger partial charge in [-0.3, -0.25) is 9.69 Å². The number of nitrogens with one attached hydrogen (secondary N) is 1. The van der Waals surface area contributed by atoms with Crippen LogP contribution in [0.25, 0.3) is 0 Å². The van der Waals surface area contributed by atoms with Crippen molar-refractivity contribution in [3.63, 3.8) is 0 Å². The van der Waals surface area contributed by atoms with Crippen LogP contribution in [0.2, 0.25) is 0 Å². The molecule has 1 atom stereocenters. The Morgan fingerprint density at radius 3 is 2.62 bits per heavy atom. The van der Waals surface area contributed by atoms with E-state index in [-0.39, 0.29) is 17.4 Å². The zero-order valence-electron chi connectivity index (χ0n) is 11.3. The van der Waals surface area contributed by atoms with Gasteiger partial charge in [-0.1, -0.05) is 20.8 Å². The third-order valence-corrected chi connectivity index (χ3v) is 3.78. The molecule has 0 aliphatic carbocycles. The van der Waals surface area contributed by atoms with E-state index in [2.05, 4.69) is 31.0 Å². The average Bonchev–Trinajstić information content (AvgIpc) is 2.66. The Balaban J connectivity index is 2.44.